The number of nitrogens with one attached hydrogen (secondary N) is 1. The van der Waals surface area contributed by atoms with Crippen molar-refractivity contribution < 1.29 is 27.4 Å². The third-order valence-electron chi connectivity index (χ3n) is 1.74. The zero-order valence-electron chi connectivity index (χ0n) is 10.7. The van der Waals surface area contributed by atoms with Crippen LogP contribution in [0.1, 0.15) is 20.3 Å². The molecule has 0 rings (SSSR count). The van der Waals surface area contributed by atoms with Crippen LogP contribution >= 0.6 is 0 Å². The molecule has 0 aliphatic carbocycles. The average Bonchev–Trinajstić information content (AvgIpc) is 2.20. The third-order valence-corrected chi connectivity index (χ3v) is 1.74. The molecule has 4 nitrogen and oxygen atoms in total. The summed E-state index contributed by atoms with van der Waals surface area (Å²) in [4.78, 5) is 11.0. The van der Waals surface area contributed by atoms with Gasteiger partial charge in [-0.1, -0.05) is 13.8 Å². The Morgan fingerprint density at radius 2 is 1.94 bits per heavy atom. The Morgan fingerprint density at radius 1 is 1.28 bits per heavy atom. The largest absolute Gasteiger partial charge is 0.411 e. The van der Waals surface area contributed by atoms with Crippen LogP contribution in [-0.2, 0) is 14.3 Å². The molecule has 18 heavy (non-hydrogen) atoms. The van der Waals surface area contributed by atoms with Crippen LogP contribution in [0.3, 0.4) is 0 Å². The fourth-order valence-corrected chi connectivity index (χ4v) is 1.03. The first-order valence-corrected chi connectivity index (χ1v) is 5.80. The second-order valence-electron chi connectivity index (χ2n) is 4.28. The molecule has 1 N–H and O–H groups in total. The van der Waals surface area contributed by atoms with Gasteiger partial charge in [-0.25, -0.2) is 0 Å². The summed E-state index contributed by atoms with van der Waals surface area (Å²) < 4.78 is 44.5. The van der Waals surface area contributed by atoms with Crippen molar-refractivity contribution in [1.29, 1.82) is 0 Å². The normalized spacial score (nSPS) is 11.9. The molecule has 0 aromatic carbocycles. The van der Waals surface area contributed by atoms with Crippen molar-refractivity contribution in [2.24, 2.45) is 5.92 Å². The lowest BCUT2D eigenvalue weighted by molar-refractivity contribution is -0.175. The van der Waals surface area contributed by atoms with Crippen LogP contribution in [0.15, 0.2) is 0 Å². The van der Waals surface area contributed by atoms with E-state index in [0.29, 0.717) is 32.1 Å². The maximum Gasteiger partial charge on any atom is 0.411 e. The molecule has 0 saturated carbocycles. The number of hydrogen-bond acceptors (Lipinski definition) is 3. The van der Waals surface area contributed by atoms with Gasteiger partial charge >= 0.3 is 6.18 Å². The number of rotatable bonds is 9. The summed E-state index contributed by atoms with van der Waals surface area (Å²) in [6, 6.07) is 0. The van der Waals surface area contributed by atoms with Crippen LogP contribution in [0, 0.1) is 5.92 Å². The Bertz CT molecular complexity index is 232. The maximum atomic E-state index is 11.7. The Kier molecular flexibility index (Phi) is 8.74. The van der Waals surface area contributed by atoms with E-state index in [1.165, 1.54) is 0 Å². The number of hydrogen-bond donors (Lipinski definition) is 1. The van der Waals surface area contributed by atoms with E-state index in [4.69, 9.17) is 4.74 Å². The van der Waals surface area contributed by atoms with E-state index < -0.39 is 25.3 Å². The SMILES string of the molecule is CC(C)COCCCNC(=O)COCC(F)(F)F. The van der Waals surface area contributed by atoms with E-state index in [-0.39, 0.29) is 0 Å². The first-order chi connectivity index (χ1) is 8.31. The van der Waals surface area contributed by atoms with Gasteiger partial charge in [0.2, 0.25) is 5.91 Å². The molecule has 0 bridgehead atoms. The molecular formula is C11H20F3NO3. The van der Waals surface area contributed by atoms with Crippen LogP contribution in [-0.4, -0.2) is 45.1 Å². The molecule has 0 saturated heterocycles. The number of ether oxygens (including phenoxy) is 2. The Balaban J connectivity index is 3.32. The lowest BCUT2D eigenvalue weighted by Gasteiger charge is -2.09. The molecule has 0 aromatic rings. The highest BCUT2D eigenvalue weighted by atomic mass is 19.4. The van der Waals surface area contributed by atoms with Gasteiger partial charge in [0.1, 0.15) is 13.2 Å². The van der Waals surface area contributed by atoms with Crippen LogP contribution in [0.4, 0.5) is 13.2 Å². The molecule has 1 amide bonds. The van der Waals surface area contributed by atoms with Crippen LogP contribution in [0.5, 0.6) is 0 Å². The van der Waals surface area contributed by atoms with Crippen molar-refractivity contribution in [3.63, 3.8) is 0 Å². The fraction of sp³-hybridized carbons (Fsp3) is 0.909. The summed E-state index contributed by atoms with van der Waals surface area (Å²) in [5, 5.41) is 2.45. The number of amides is 1. The Morgan fingerprint density at radius 3 is 2.50 bits per heavy atom. The van der Waals surface area contributed by atoms with Gasteiger partial charge in [0.05, 0.1) is 0 Å². The van der Waals surface area contributed by atoms with E-state index in [1.54, 1.807) is 0 Å². The highest BCUT2D eigenvalue weighted by molar-refractivity contribution is 5.77. The minimum Gasteiger partial charge on any atom is -0.381 e. The summed E-state index contributed by atoms with van der Waals surface area (Å²) in [7, 11) is 0. The molecule has 0 aliphatic heterocycles. The molecule has 0 radical (unpaired) electrons. The molecule has 108 valence electrons. The zero-order chi connectivity index (χ0) is 14.0. The van der Waals surface area contributed by atoms with Gasteiger partial charge in [-0.15, -0.1) is 0 Å². The van der Waals surface area contributed by atoms with Gasteiger partial charge < -0.3 is 14.8 Å². The van der Waals surface area contributed by atoms with Crippen molar-refractivity contribution >= 4 is 5.91 Å². The molecule has 0 spiro atoms. The van der Waals surface area contributed by atoms with Gasteiger partial charge in [-0.05, 0) is 12.3 Å². The minimum atomic E-state index is -4.40. The summed E-state index contributed by atoms with van der Waals surface area (Å²) in [5.74, 6) is -0.0986. The summed E-state index contributed by atoms with van der Waals surface area (Å²) >= 11 is 0. The monoisotopic (exact) mass is 271 g/mol. The molecule has 0 fully saturated rings. The minimum absolute atomic E-state index is 0.367. The van der Waals surface area contributed by atoms with Gasteiger partial charge in [0.15, 0.2) is 0 Å². The molecule has 0 aliphatic rings. The van der Waals surface area contributed by atoms with Crippen LogP contribution in [0.25, 0.3) is 0 Å². The van der Waals surface area contributed by atoms with Gasteiger partial charge in [-0.3, -0.25) is 4.79 Å². The standard InChI is InChI=1S/C11H20F3NO3/c1-9(2)6-17-5-3-4-15-10(16)7-18-8-11(12,13)14/h9H,3-8H2,1-2H3,(H,15,16). The topological polar surface area (TPSA) is 47.6 Å². The molecule has 0 heterocycles. The van der Waals surface area contributed by atoms with Crippen LogP contribution < -0.4 is 5.32 Å². The molecule has 0 atom stereocenters. The first-order valence-electron chi connectivity index (χ1n) is 5.80. The lowest BCUT2D eigenvalue weighted by Crippen LogP contribution is -2.31. The van der Waals surface area contributed by atoms with Gasteiger partial charge in [-0.2, -0.15) is 13.2 Å². The van der Waals surface area contributed by atoms with Crippen molar-refractivity contribution in [2.75, 3.05) is 33.0 Å². The van der Waals surface area contributed by atoms with E-state index in [0.717, 1.165) is 0 Å². The Labute approximate surface area is 105 Å². The summed E-state index contributed by atoms with van der Waals surface area (Å²) in [6.07, 6.45) is -3.78. The number of alkyl halides is 3. The maximum absolute atomic E-state index is 11.7. The second-order valence-corrected chi connectivity index (χ2v) is 4.28. The number of carbonyl (C=O) groups excluding carboxylic acids is 1. The second kappa shape index (κ2) is 9.16. The molecule has 0 aromatic heterocycles. The molecule has 7 heteroatoms. The fourth-order valence-electron chi connectivity index (χ4n) is 1.03. The first kappa shape index (κ1) is 17.2. The Hall–Kier alpha value is -0.820. The predicted molar refractivity (Wildman–Crippen MR) is 60.2 cm³/mol. The predicted octanol–water partition coefficient (Wildman–Crippen LogP) is 1.74. The van der Waals surface area contributed by atoms with Crippen LogP contribution in [0.2, 0.25) is 0 Å². The van der Waals surface area contributed by atoms with Crippen molar-refractivity contribution in [1.82, 2.24) is 5.32 Å². The van der Waals surface area contributed by atoms with E-state index in [9.17, 15) is 18.0 Å². The van der Waals surface area contributed by atoms with Crippen molar-refractivity contribution in [2.45, 2.75) is 26.4 Å². The zero-order valence-corrected chi connectivity index (χ0v) is 10.7. The summed E-state index contributed by atoms with van der Waals surface area (Å²) in [6.45, 7) is 3.61. The van der Waals surface area contributed by atoms with Gasteiger partial charge in [0, 0.05) is 19.8 Å². The lowest BCUT2D eigenvalue weighted by atomic mass is 10.2. The number of carbonyl (C=O) groups is 1. The van der Waals surface area contributed by atoms with E-state index in [1.807, 2.05) is 13.8 Å². The smallest absolute Gasteiger partial charge is 0.381 e. The van der Waals surface area contributed by atoms with Crippen molar-refractivity contribution in [3.8, 4) is 0 Å². The summed E-state index contributed by atoms with van der Waals surface area (Å²) in [5.41, 5.74) is 0. The molecular weight excluding hydrogens is 251 g/mol. The van der Waals surface area contributed by atoms with E-state index in [2.05, 4.69) is 10.1 Å². The third kappa shape index (κ3) is 13.2. The molecule has 0 unspecified atom stereocenters. The van der Waals surface area contributed by atoms with Crippen molar-refractivity contribution in [3.05, 3.63) is 0 Å². The van der Waals surface area contributed by atoms with E-state index >= 15 is 0 Å². The quantitative estimate of drug-likeness (QED) is 0.650. The average molecular weight is 271 g/mol. The number of halogens is 3. The highest BCUT2D eigenvalue weighted by Crippen LogP contribution is 2.13. The van der Waals surface area contributed by atoms with Gasteiger partial charge in [0.25, 0.3) is 0 Å². The highest BCUT2D eigenvalue weighted by Gasteiger charge is 2.27.